The summed E-state index contributed by atoms with van der Waals surface area (Å²) in [7, 11) is 4.50. The molecule has 0 N–H and O–H groups in total. The molecule has 0 bridgehead atoms. The topological polar surface area (TPSA) is 80.7 Å². The Morgan fingerprint density at radius 2 is 1.77 bits per heavy atom. The van der Waals surface area contributed by atoms with Gasteiger partial charge in [-0.1, -0.05) is 12.1 Å². The van der Waals surface area contributed by atoms with E-state index in [2.05, 4.69) is 5.10 Å². The van der Waals surface area contributed by atoms with Gasteiger partial charge < -0.3 is 19.1 Å². The van der Waals surface area contributed by atoms with Crippen LogP contribution in [-0.2, 0) is 15.7 Å². The molecule has 2 heterocycles. The molecule has 3 aromatic rings. The number of alkyl halides is 3. The average Bonchev–Trinajstić information content (AvgIpc) is 3.65. The molecule has 2 aromatic carbocycles. The summed E-state index contributed by atoms with van der Waals surface area (Å²) in [6.07, 6.45) is -4.09. The molecule has 12 heteroatoms. The van der Waals surface area contributed by atoms with Crippen molar-refractivity contribution in [3.05, 3.63) is 81.5 Å². The molecule has 0 spiro atoms. The monoisotopic (exact) mass is 575 g/mol. The van der Waals surface area contributed by atoms with Gasteiger partial charge in [0.25, 0.3) is 11.8 Å². The highest BCUT2D eigenvalue weighted by Crippen LogP contribution is 2.38. The van der Waals surface area contributed by atoms with Crippen molar-refractivity contribution in [2.24, 2.45) is 5.10 Å². The fourth-order valence-corrected chi connectivity index (χ4v) is 5.05. The number of amides is 2. The Bertz CT molecular complexity index is 1360. The van der Waals surface area contributed by atoms with Crippen molar-refractivity contribution in [3.63, 3.8) is 0 Å². The molecule has 2 amide bonds. The van der Waals surface area contributed by atoms with Crippen molar-refractivity contribution in [1.29, 1.82) is 0 Å². The van der Waals surface area contributed by atoms with E-state index < -0.39 is 29.6 Å². The second-order valence-corrected chi connectivity index (χ2v) is 9.84. The van der Waals surface area contributed by atoms with Crippen molar-refractivity contribution in [2.75, 3.05) is 41.0 Å². The van der Waals surface area contributed by atoms with Gasteiger partial charge >= 0.3 is 6.18 Å². The van der Waals surface area contributed by atoms with E-state index in [4.69, 9.17) is 14.2 Å². The van der Waals surface area contributed by atoms with Gasteiger partial charge in [-0.2, -0.15) is 18.3 Å². The minimum Gasteiger partial charge on any atom is -0.493 e. The number of hydrogen-bond donors (Lipinski definition) is 0. The zero-order valence-electron chi connectivity index (χ0n) is 22.1. The smallest absolute Gasteiger partial charge is 0.416 e. The lowest BCUT2D eigenvalue weighted by atomic mass is 10.0. The van der Waals surface area contributed by atoms with Gasteiger partial charge in [0.1, 0.15) is 6.54 Å². The Morgan fingerprint density at radius 1 is 1.05 bits per heavy atom. The Balaban J connectivity index is 1.62. The average molecular weight is 576 g/mol. The second-order valence-electron chi connectivity index (χ2n) is 8.89. The van der Waals surface area contributed by atoms with Gasteiger partial charge in [0.15, 0.2) is 11.5 Å². The van der Waals surface area contributed by atoms with Gasteiger partial charge in [0.05, 0.1) is 43.0 Å². The maximum absolute atomic E-state index is 13.7. The molecule has 212 valence electrons. The number of benzene rings is 2. The van der Waals surface area contributed by atoms with Crippen LogP contribution in [0.4, 0.5) is 13.2 Å². The summed E-state index contributed by atoms with van der Waals surface area (Å²) in [5, 5.41) is 7.91. The van der Waals surface area contributed by atoms with E-state index in [1.807, 2.05) is 23.6 Å². The maximum Gasteiger partial charge on any atom is 0.416 e. The summed E-state index contributed by atoms with van der Waals surface area (Å²) >= 11 is 1.50. The summed E-state index contributed by atoms with van der Waals surface area (Å²) in [4.78, 5) is 29.1. The van der Waals surface area contributed by atoms with Gasteiger partial charge in [0, 0.05) is 25.6 Å². The molecule has 0 radical (unpaired) electrons. The minimum atomic E-state index is -4.53. The number of methoxy groups -OCH3 is 3. The quantitative estimate of drug-likeness (QED) is 0.330. The Morgan fingerprint density at radius 3 is 2.38 bits per heavy atom. The molecule has 0 unspecified atom stereocenters. The summed E-state index contributed by atoms with van der Waals surface area (Å²) in [5.41, 5.74) is 0.644. The minimum absolute atomic E-state index is 0.0255. The number of thiophene rings is 1. The third-order valence-electron chi connectivity index (χ3n) is 6.40. The van der Waals surface area contributed by atoms with Crippen LogP contribution >= 0.6 is 11.3 Å². The standard InChI is InChI=1S/C28H28F3N3O5S/c1-37-13-12-33(27(36)18-6-9-20(10-7-18)28(29,30)31)17-26(35)34-22(16-21(32-34)25-5-4-14-40-25)19-8-11-23(38-2)24(15-19)39-3/h4-11,14-15,22H,12-13,16-17H2,1-3H3/t22-/m0/s1. The largest absolute Gasteiger partial charge is 0.493 e. The molecule has 1 aliphatic rings. The highest BCUT2D eigenvalue weighted by molar-refractivity contribution is 7.12. The fourth-order valence-electron chi connectivity index (χ4n) is 4.33. The lowest BCUT2D eigenvalue weighted by Gasteiger charge is -2.27. The van der Waals surface area contributed by atoms with Gasteiger partial charge in [-0.15, -0.1) is 11.3 Å². The highest BCUT2D eigenvalue weighted by atomic mass is 32.1. The molecule has 0 saturated carbocycles. The van der Waals surface area contributed by atoms with Crippen molar-refractivity contribution in [2.45, 2.75) is 18.6 Å². The van der Waals surface area contributed by atoms with Crippen LogP contribution in [0.5, 0.6) is 11.5 Å². The molecule has 0 fully saturated rings. The zero-order chi connectivity index (χ0) is 28.9. The molecule has 8 nitrogen and oxygen atoms in total. The van der Waals surface area contributed by atoms with Crippen LogP contribution in [0.1, 0.15) is 38.8 Å². The van der Waals surface area contributed by atoms with E-state index >= 15 is 0 Å². The molecular weight excluding hydrogens is 547 g/mol. The van der Waals surface area contributed by atoms with Crippen molar-refractivity contribution in [1.82, 2.24) is 9.91 Å². The molecule has 1 aliphatic heterocycles. The van der Waals surface area contributed by atoms with Gasteiger partial charge in [0.2, 0.25) is 0 Å². The van der Waals surface area contributed by atoms with Crippen molar-refractivity contribution >= 4 is 28.9 Å². The van der Waals surface area contributed by atoms with Crippen molar-refractivity contribution < 1.29 is 37.0 Å². The second kappa shape index (κ2) is 12.5. The first kappa shape index (κ1) is 29.1. The third-order valence-corrected chi connectivity index (χ3v) is 7.32. The summed E-state index contributed by atoms with van der Waals surface area (Å²) in [6.45, 7) is -0.171. The first-order valence-electron chi connectivity index (χ1n) is 12.3. The molecule has 4 rings (SSSR count). The lowest BCUT2D eigenvalue weighted by Crippen LogP contribution is -2.42. The first-order valence-corrected chi connectivity index (χ1v) is 13.1. The Labute approximate surface area is 233 Å². The van der Waals surface area contributed by atoms with E-state index in [0.717, 1.165) is 40.4 Å². The van der Waals surface area contributed by atoms with Gasteiger partial charge in [-0.05, 0) is 53.4 Å². The SMILES string of the molecule is COCCN(CC(=O)N1N=C(c2cccs2)C[C@H]1c1ccc(OC)c(OC)c1)C(=O)c1ccc(C(F)(F)F)cc1. The molecule has 1 aromatic heterocycles. The number of rotatable bonds is 10. The van der Waals surface area contributed by atoms with Crippen LogP contribution in [0.15, 0.2) is 65.1 Å². The zero-order valence-corrected chi connectivity index (χ0v) is 22.9. The fraction of sp³-hybridized carbons (Fsp3) is 0.321. The van der Waals surface area contributed by atoms with Gasteiger partial charge in [-0.25, -0.2) is 5.01 Å². The summed E-state index contributed by atoms with van der Waals surface area (Å²) in [5.74, 6) is -0.0169. The number of carbonyl (C=O) groups excluding carboxylic acids is 2. The van der Waals surface area contributed by atoms with E-state index in [-0.39, 0.29) is 25.3 Å². The highest BCUT2D eigenvalue weighted by Gasteiger charge is 2.36. The normalized spacial score (nSPS) is 15.1. The lowest BCUT2D eigenvalue weighted by molar-refractivity contribution is -0.137. The van der Waals surface area contributed by atoms with E-state index in [1.165, 1.54) is 42.6 Å². The van der Waals surface area contributed by atoms with E-state index in [9.17, 15) is 22.8 Å². The van der Waals surface area contributed by atoms with E-state index in [0.29, 0.717) is 17.9 Å². The number of ether oxygens (including phenoxy) is 3. The predicted molar refractivity (Wildman–Crippen MR) is 144 cm³/mol. The van der Waals surface area contributed by atoms with Gasteiger partial charge in [-0.3, -0.25) is 9.59 Å². The van der Waals surface area contributed by atoms with Crippen LogP contribution < -0.4 is 9.47 Å². The summed E-state index contributed by atoms with van der Waals surface area (Å²) in [6, 6.07) is 12.6. The first-order chi connectivity index (χ1) is 19.2. The molecule has 40 heavy (non-hydrogen) atoms. The number of halogens is 3. The van der Waals surface area contributed by atoms with Crippen LogP contribution in [0.25, 0.3) is 0 Å². The number of hydrazone groups is 1. The molecule has 1 atom stereocenters. The number of nitrogens with zero attached hydrogens (tertiary/aromatic N) is 3. The van der Waals surface area contributed by atoms with Crippen molar-refractivity contribution in [3.8, 4) is 11.5 Å². The van der Waals surface area contributed by atoms with Crippen LogP contribution in [0.3, 0.4) is 0 Å². The number of hydrogen-bond acceptors (Lipinski definition) is 7. The summed E-state index contributed by atoms with van der Waals surface area (Å²) < 4.78 is 54.9. The Hall–Kier alpha value is -3.90. The third kappa shape index (κ3) is 6.45. The maximum atomic E-state index is 13.7. The molecule has 0 aliphatic carbocycles. The Kier molecular flexibility index (Phi) is 9.10. The predicted octanol–water partition coefficient (Wildman–Crippen LogP) is 5.25. The molecule has 0 saturated heterocycles. The number of carbonyl (C=O) groups is 2. The van der Waals surface area contributed by atoms with Crippen LogP contribution in [-0.4, -0.2) is 68.5 Å². The van der Waals surface area contributed by atoms with Crippen LogP contribution in [0, 0.1) is 0 Å². The molecular formula is C28H28F3N3O5S. The van der Waals surface area contributed by atoms with Crippen LogP contribution in [0.2, 0.25) is 0 Å². The van der Waals surface area contributed by atoms with E-state index in [1.54, 1.807) is 12.1 Å².